The SMILES string of the molecule is CCOc1ccccc1NC(=O)NCc1nnnn1C1CCCC1. The maximum absolute atomic E-state index is 12.1. The van der Waals surface area contributed by atoms with Crippen molar-refractivity contribution in [3.63, 3.8) is 0 Å². The van der Waals surface area contributed by atoms with Crippen LogP contribution in [-0.2, 0) is 6.54 Å². The Hall–Kier alpha value is -2.64. The van der Waals surface area contributed by atoms with Crippen LogP contribution in [0.3, 0.4) is 0 Å². The van der Waals surface area contributed by atoms with E-state index in [2.05, 4.69) is 26.2 Å². The number of amides is 2. The monoisotopic (exact) mass is 330 g/mol. The Kier molecular flexibility index (Phi) is 5.25. The first-order valence-corrected chi connectivity index (χ1v) is 8.31. The Morgan fingerprint density at radius 2 is 2.12 bits per heavy atom. The molecular formula is C16H22N6O2. The molecule has 2 N–H and O–H groups in total. The van der Waals surface area contributed by atoms with E-state index in [4.69, 9.17) is 4.74 Å². The second kappa shape index (κ2) is 7.76. The van der Waals surface area contributed by atoms with Crippen LogP contribution in [0.25, 0.3) is 0 Å². The van der Waals surface area contributed by atoms with Crippen LogP contribution in [0.15, 0.2) is 24.3 Å². The van der Waals surface area contributed by atoms with Crippen LogP contribution in [0, 0.1) is 0 Å². The largest absolute Gasteiger partial charge is 0.492 e. The fraction of sp³-hybridized carbons (Fsp3) is 0.500. The van der Waals surface area contributed by atoms with Gasteiger partial charge in [-0.25, -0.2) is 9.48 Å². The van der Waals surface area contributed by atoms with Crippen LogP contribution >= 0.6 is 0 Å². The van der Waals surface area contributed by atoms with Gasteiger partial charge < -0.3 is 15.4 Å². The average Bonchev–Trinajstić information content (AvgIpc) is 3.26. The van der Waals surface area contributed by atoms with Gasteiger partial charge in [-0.1, -0.05) is 25.0 Å². The highest BCUT2D eigenvalue weighted by atomic mass is 16.5. The molecular weight excluding hydrogens is 308 g/mol. The van der Waals surface area contributed by atoms with E-state index >= 15 is 0 Å². The zero-order chi connectivity index (χ0) is 16.8. The van der Waals surface area contributed by atoms with Crippen molar-refractivity contribution in [3.05, 3.63) is 30.1 Å². The zero-order valence-corrected chi connectivity index (χ0v) is 13.7. The summed E-state index contributed by atoms with van der Waals surface area (Å²) < 4.78 is 7.33. The smallest absolute Gasteiger partial charge is 0.319 e. The number of rotatable bonds is 6. The second-order valence-electron chi connectivity index (χ2n) is 5.71. The van der Waals surface area contributed by atoms with Gasteiger partial charge in [-0.3, -0.25) is 0 Å². The minimum atomic E-state index is -0.317. The van der Waals surface area contributed by atoms with Crippen molar-refractivity contribution in [1.29, 1.82) is 0 Å². The van der Waals surface area contributed by atoms with Crippen molar-refractivity contribution < 1.29 is 9.53 Å². The van der Waals surface area contributed by atoms with Crippen molar-refractivity contribution in [1.82, 2.24) is 25.5 Å². The first-order chi connectivity index (χ1) is 11.8. The second-order valence-corrected chi connectivity index (χ2v) is 5.71. The van der Waals surface area contributed by atoms with Gasteiger partial charge in [0.15, 0.2) is 5.82 Å². The zero-order valence-electron chi connectivity index (χ0n) is 13.7. The number of nitrogens with zero attached hydrogens (tertiary/aromatic N) is 4. The molecule has 8 heteroatoms. The fourth-order valence-electron chi connectivity index (χ4n) is 2.94. The Morgan fingerprint density at radius 3 is 2.92 bits per heavy atom. The normalized spacial score (nSPS) is 14.5. The maximum atomic E-state index is 12.1. The number of tetrazole rings is 1. The summed E-state index contributed by atoms with van der Waals surface area (Å²) in [5, 5.41) is 17.4. The lowest BCUT2D eigenvalue weighted by Crippen LogP contribution is -2.30. The van der Waals surface area contributed by atoms with Crippen LogP contribution in [0.4, 0.5) is 10.5 Å². The summed E-state index contributed by atoms with van der Waals surface area (Å²) in [6.07, 6.45) is 4.58. The Labute approximate surface area is 140 Å². The summed E-state index contributed by atoms with van der Waals surface area (Å²) >= 11 is 0. The highest BCUT2D eigenvalue weighted by Crippen LogP contribution is 2.29. The number of benzene rings is 1. The Balaban J connectivity index is 1.58. The number of carbonyl (C=O) groups is 1. The maximum Gasteiger partial charge on any atom is 0.319 e. The summed E-state index contributed by atoms with van der Waals surface area (Å²) in [4.78, 5) is 12.1. The third-order valence-corrected chi connectivity index (χ3v) is 4.07. The van der Waals surface area contributed by atoms with E-state index in [1.165, 1.54) is 12.8 Å². The molecule has 2 amide bonds. The minimum absolute atomic E-state index is 0.284. The van der Waals surface area contributed by atoms with Crippen molar-refractivity contribution in [3.8, 4) is 5.75 Å². The van der Waals surface area contributed by atoms with Crippen molar-refractivity contribution in [2.45, 2.75) is 45.2 Å². The Morgan fingerprint density at radius 1 is 1.33 bits per heavy atom. The number of ether oxygens (including phenoxy) is 1. The molecule has 1 aromatic heterocycles. The molecule has 1 aliphatic rings. The van der Waals surface area contributed by atoms with Gasteiger partial charge >= 0.3 is 6.03 Å². The number of hydrogen-bond acceptors (Lipinski definition) is 5. The predicted molar refractivity (Wildman–Crippen MR) is 88.8 cm³/mol. The molecule has 1 heterocycles. The number of aromatic nitrogens is 4. The van der Waals surface area contributed by atoms with E-state index in [1.807, 2.05) is 29.8 Å². The summed E-state index contributed by atoms with van der Waals surface area (Å²) in [7, 11) is 0. The highest BCUT2D eigenvalue weighted by Gasteiger charge is 2.21. The molecule has 1 saturated carbocycles. The first-order valence-electron chi connectivity index (χ1n) is 8.31. The summed E-state index contributed by atoms with van der Waals surface area (Å²) in [5.74, 6) is 1.32. The molecule has 1 fully saturated rings. The van der Waals surface area contributed by atoms with E-state index in [9.17, 15) is 4.79 Å². The molecule has 1 aliphatic carbocycles. The predicted octanol–water partition coefficient (Wildman–Crippen LogP) is 2.51. The van der Waals surface area contributed by atoms with Crippen LogP contribution in [0.5, 0.6) is 5.75 Å². The topological polar surface area (TPSA) is 94.0 Å². The van der Waals surface area contributed by atoms with Crippen LogP contribution in [0.2, 0.25) is 0 Å². The number of urea groups is 1. The van der Waals surface area contributed by atoms with Crippen LogP contribution in [-0.4, -0.2) is 32.8 Å². The lowest BCUT2D eigenvalue weighted by molar-refractivity contribution is 0.251. The molecule has 24 heavy (non-hydrogen) atoms. The molecule has 128 valence electrons. The molecule has 0 unspecified atom stereocenters. The number of anilines is 1. The quantitative estimate of drug-likeness (QED) is 0.849. The van der Waals surface area contributed by atoms with Gasteiger partial charge in [-0.15, -0.1) is 5.10 Å². The van der Waals surface area contributed by atoms with Gasteiger partial charge in [-0.05, 0) is 42.3 Å². The van der Waals surface area contributed by atoms with Crippen molar-refractivity contribution in [2.75, 3.05) is 11.9 Å². The molecule has 1 aromatic carbocycles. The van der Waals surface area contributed by atoms with E-state index in [0.717, 1.165) is 12.8 Å². The molecule has 0 saturated heterocycles. The number of carbonyl (C=O) groups excluding carboxylic acids is 1. The molecule has 0 radical (unpaired) electrons. The average molecular weight is 330 g/mol. The fourth-order valence-corrected chi connectivity index (χ4v) is 2.94. The van der Waals surface area contributed by atoms with Crippen LogP contribution in [0.1, 0.15) is 44.5 Å². The van der Waals surface area contributed by atoms with Gasteiger partial charge in [0.25, 0.3) is 0 Å². The number of nitrogens with one attached hydrogen (secondary N) is 2. The van der Waals surface area contributed by atoms with Crippen molar-refractivity contribution in [2.24, 2.45) is 0 Å². The lowest BCUT2D eigenvalue weighted by Gasteiger charge is -2.13. The van der Waals surface area contributed by atoms with Gasteiger partial charge in [0.1, 0.15) is 5.75 Å². The first kappa shape index (κ1) is 16.2. The van der Waals surface area contributed by atoms with Crippen molar-refractivity contribution >= 4 is 11.7 Å². The molecule has 3 rings (SSSR count). The molecule has 0 aliphatic heterocycles. The van der Waals surface area contributed by atoms with Gasteiger partial charge in [0, 0.05) is 0 Å². The summed E-state index contributed by atoms with van der Waals surface area (Å²) in [6.45, 7) is 2.72. The third kappa shape index (κ3) is 3.81. The van der Waals surface area contributed by atoms with Gasteiger partial charge in [-0.2, -0.15) is 0 Å². The third-order valence-electron chi connectivity index (χ3n) is 4.07. The number of para-hydroxylation sites is 2. The van der Waals surface area contributed by atoms with E-state index in [0.29, 0.717) is 29.9 Å². The molecule has 0 spiro atoms. The molecule has 8 nitrogen and oxygen atoms in total. The van der Waals surface area contributed by atoms with E-state index in [1.54, 1.807) is 6.07 Å². The lowest BCUT2D eigenvalue weighted by atomic mass is 10.2. The van der Waals surface area contributed by atoms with Gasteiger partial charge in [0.2, 0.25) is 0 Å². The number of hydrogen-bond donors (Lipinski definition) is 2. The Bertz CT molecular complexity index is 681. The van der Waals surface area contributed by atoms with E-state index < -0.39 is 0 Å². The van der Waals surface area contributed by atoms with Gasteiger partial charge in [0.05, 0.1) is 24.9 Å². The highest BCUT2D eigenvalue weighted by molar-refractivity contribution is 5.90. The van der Waals surface area contributed by atoms with E-state index in [-0.39, 0.29) is 12.6 Å². The molecule has 0 bridgehead atoms. The molecule has 0 atom stereocenters. The van der Waals surface area contributed by atoms with Crippen LogP contribution < -0.4 is 15.4 Å². The summed E-state index contributed by atoms with van der Waals surface area (Å²) in [5.41, 5.74) is 0.632. The summed E-state index contributed by atoms with van der Waals surface area (Å²) in [6, 6.07) is 7.36. The standard InChI is InChI=1S/C16H22N6O2/c1-2-24-14-10-6-5-9-13(14)18-16(23)17-11-15-19-20-21-22(15)12-7-3-4-8-12/h5-6,9-10,12H,2-4,7-8,11H2,1H3,(H2,17,18,23). The minimum Gasteiger partial charge on any atom is -0.492 e. The molecule has 2 aromatic rings.